The van der Waals surface area contributed by atoms with Gasteiger partial charge in [0.25, 0.3) is 5.91 Å². The van der Waals surface area contributed by atoms with Crippen LogP contribution < -0.4 is 10.6 Å². The van der Waals surface area contributed by atoms with Gasteiger partial charge in [-0.15, -0.1) is 5.10 Å². The van der Waals surface area contributed by atoms with Gasteiger partial charge in [0.05, 0.1) is 23.0 Å². The zero-order valence-electron chi connectivity index (χ0n) is 18.7. The van der Waals surface area contributed by atoms with Crippen LogP contribution in [0.4, 0.5) is 29.5 Å². The molecule has 4 rings (SSSR count). The molecule has 184 valence electrons. The molecule has 11 nitrogen and oxygen atoms in total. The molecule has 2 N–H and O–H groups in total. The Bertz CT molecular complexity index is 1430. The number of pyridine rings is 3. The van der Waals surface area contributed by atoms with E-state index in [2.05, 4.69) is 35.9 Å². The van der Waals surface area contributed by atoms with Crippen molar-refractivity contribution >= 4 is 23.5 Å². The lowest BCUT2D eigenvalue weighted by Gasteiger charge is -2.15. The number of carbonyl (C=O) groups excluding carboxylic acids is 2. The van der Waals surface area contributed by atoms with E-state index in [-0.39, 0.29) is 34.0 Å². The molecule has 0 saturated carbocycles. The lowest BCUT2D eigenvalue weighted by atomic mass is 10.2. The van der Waals surface area contributed by atoms with E-state index in [0.29, 0.717) is 6.20 Å². The Hall–Kier alpha value is -4.88. The van der Waals surface area contributed by atoms with Crippen molar-refractivity contribution in [1.29, 1.82) is 0 Å². The molecular formula is C22H17F3N8O3. The van der Waals surface area contributed by atoms with Gasteiger partial charge in [-0.05, 0) is 31.2 Å². The summed E-state index contributed by atoms with van der Waals surface area (Å²) in [4.78, 5) is 35.7. The van der Waals surface area contributed by atoms with E-state index in [1.807, 2.05) is 0 Å². The SMILES string of the molecule is C[C@@H](OC(=O)Nc1c(-c2ccc(C(=O)Nc3ccnc(F)c3)cn2)nnn1C)c1cc(F)cnc1F. The first-order valence-electron chi connectivity index (χ1n) is 10.3. The minimum absolute atomic E-state index is 0.0991. The van der Waals surface area contributed by atoms with Crippen molar-refractivity contribution in [1.82, 2.24) is 29.9 Å². The van der Waals surface area contributed by atoms with Gasteiger partial charge in [0.2, 0.25) is 11.9 Å². The second-order valence-corrected chi connectivity index (χ2v) is 7.37. The summed E-state index contributed by atoms with van der Waals surface area (Å²) in [6, 6.07) is 6.30. The summed E-state index contributed by atoms with van der Waals surface area (Å²) in [5.74, 6) is -2.93. The maximum absolute atomic E-state index is 13.9. The molecule has 14 heteroatoms. The number of aryl methyl sites for hydroxylation is 1. The predicted octanol–water partition coefficient (Wildman–Crippen LogP) is 3.65. The Morgan fingerprint density at radius 3 is 2.56 bits per heavy atom. The third-order valence-electron chi connectivity index (χ3n) is 4.85. The number of anilines is 2. The van der Waals surface area contributed by atoms with Gasteiger partial charge in [0.15, 0.2) is 11.5 Å². The highest BCUT2D eigenvalue weighted by Crippen LogP contribution is 2.25. The predicted molar refractivity (Wildman–Crippen MR) is 119 cm³/mol. The highest BCUT2D eigenvalue weighted by molar-refractivity contribution is 6.04. The second-order valence-electron chi connectivity index (χ2n) is 7.37. The second kappa shape index (κ2) is 10.2. The third kappa shape index (κ3) is 5.43. The lowest BCUT2D eigenvalue weighted by molar-refractivity contribution is 0.102. The number of halogens is 3. The Morgan fingerprint density at radius 2 is 1.83 bits per heavy atom. The number of aromatic nitrogens is 6. The van der Waals surface area contributed by atoms with Crippen LogP contribution >= 0.6 is 0 Å². The summed E-state index contributed by atoms with van der Waals surface area (Å²) in [7, 11) is 1.50. The Morgan fingerprint density at radius 1 is 1.03 bits per heavy atom. The smallest absolute Gasteiger partial charge is 0.413 e. The molecule has 0 aliphatic carbocycles. The van der Waals surface area contributed by atoms with Gasteiger partial charge in [-0.3, -0.25) is 15.1 Å². The van der Waals surface area contributed by atoms with Gasteiger partial charge in [-0.1, -0.05) is 5.21 Å². The van der Waals surface area contributed by atoms with Crippen molar-refractivity contribution in [3.8, 4) is 11.4 Å². The van der Waals surface area contributed by atoms with E-state index >= 15 is 0 Å². The number of nitrogens with one attached hydrogen (secondary N) is 2. The molecular weight excluding hydrogens is 481 g/mol. The molecule has 4 heterocycles. The minimum Gasteiger partial charge on any atom is -0.441 e. The van der Waals surface area contributed by atoms with Crippen LogP contribution in [0.15, 0.2) is 48.9 Å². The molecule has 0 fully saturated rings. The van der Waals surface area contributed by atoms with Crippen LogP contribution in [0.5, 0.6) is 0 Å². The van der Waals surface area contributed by atoms with Crippen LogP contribution in [0.2, 0.25) is 0 Å². The van der Waals surface area contributed by atoms with Crippen LogP contribution in [0.1, 0.15) is 28.9 Å². The summed E-state index contributed by atoms with van der Waals surface area (Å²) in [6.07, 6.45) is 1.05. The molecule has 0 saturated heterocycles. The standard InChI is InChI=1S/C22H17F3N8O3/c1-11(15-7-13(23)10-28-19(15)25)36-22(35)30-20-18(31-32-33(20)2)16-4-3-12(9-27-16)21(34)29-14-5-6-26-17(24)8-14/h3-11H,1-2H3,(H,30,35)(H,26,29,34)/t11-/m1/s1. The van der Waals surface area contributed by atoms with Crippen molar-refractivity contribution in [2.75, 3.05) is 10.6 Å². The molecule has 0 aliphatic heterocycles. The van der Waals surface area contributed by atoms with Crippen molar-refractivity contribution in [3.63, 3.8) is 0 Å². The number of rotatable bonds is 6. The molecule has 0 aromatic carbocycles. The average molecular weight is 498 g/mol. The lowest BCUT2D eigenvalue weighted by Crippen LogP contribution is -2.19. The number of carbonyl (C=O) groups is 2. The van der Waals surface area contributed by atoms with E-state index in [9.17, 15) is 22.8 Å². The molecule has 0 radical (unpaired) electrons. The fraction of sp³-hybridized carbons (Fsp3) is 0.136. The minimum atomic E-state index is -1.15. The maximum atomic E-state index is 13.9. The zero-order chi connectivity index (χ0) is 25.8. The third-order valence-corrected chi connectivity index (χ3v) is 4.85. The van der Waals surface area contributed by atoms with Crippen molar-refractivity contribution in [2.45, 2.75) is 13.0 Å². The number of amides is 2. The largest absolute Gasteiger partial charge is 0.441 e. The monoisotopic (exact) mass is 498 g/mol. The summed E-state index contributed by atoms with van der Waals surface area (Å²) in [5, 5.41) is 12.8. The normalized spacial score (nSPS) is 11.6. The van der Waals surface area contributed by atoms with Crippen molar-refractivity contribution < 1.29 is 27.5 Å². The maximum Gasteiger partial charge on any atom is 0.413 e. The molecule has 4 aromatic heterocycles. The van der Waals surface area contributed by atoms with Crippen LogP contribution in [0.25, 0.3) is 11.4 Å². The van der Waals surface area contributed by atoms with Gasteiger partial charge in [-0.2, -0.15) is 8.78 Å². The molecule has 0 spiro atoms. The highest BCUT2D eigenvalue weighted by atomic mass is 19.1. The Labute approximate surface area is 201 Å². The molecule has 0 aliphatic rings. The van der Waals surface area contributed by atoms with Crippen LogP contribution in [0.3, 0.4) is 0 Å². The molecule has 0 unspecified atom stereocenters. The van der Waals surface area contributed by atoms with Gasteiger partial charge in [0.1, 0.15) is 11.9 Å². The quantitative estimate of drug-likeness (QED) is 0.385. The van der Waals surface area contributed by atoms with Crippen LogP contribution in [0, 0.1) is 17.7 Å². The molecule has 1 atom stereocenters. The Balaban J connectivity index is 1.46. The number of ether oxygens (including phenoxy) is 1. The summed E-state index contributed by atoms with van der Waals surface area (Å²) in [6.45, 7) is 1.35. The molecule has 0 bridgehead atoms. The van der Waals surface area contributed by atoms with Crippen molar-refractivity contribution in [3.05, 3.63) is 77.8 Å². The summed E-state index contributed by atoms with van der Waals surface area (Å²) in [5.41, 5.74) is 0.577. The molecule has 4 aromatic rings. The van der Waals surface area contributed by atoms with Gasteiger partial charge in [-0.25, -0.2) is 23.8 Å². The highest BCUT2D eigenvalue weighted by Gasteiger charge is 2.21. The number of hydrogen-bond acceptors (Lipinski definition) is 8. The fourth-order valence-corrected chi connectivity index (χ4v) is 3.10. The zero-order valence-corrected chi connectivity index (χ0v) is 18.7. The first-order valence-corrected chi connectivity index (χ1v) is 10.3. The van der Waals surface area contributed by atoms with E-state index in [0.717, 1.165) is 12.1 Å². The van der Waals surface area contributed by atoms with Gasteiger partial charge < -0.3 is 10.1 Å². The van der Waals surface area contributed by atoms with E-state index < -0.39 is 35.8 Å². The van der Waals surface area contributed by atoms with Crippen LogP contribution in [-0.2, 0) is 11.8 Å². The number of hydrogen-bond donors (Lipinski definition) is 2. The van der Waals surface area contributed by atoms with Gasteiger partial charge >= 0.3 is 6.09 Å². The molecule has 36 heavy (non-hydrogen) atoms. The molecule has 2 amide bonds. The summed E-state index contributed by atoms with van der Waals surface area (Å²) < 4.78 is 46.8. The average Bonchev–Trinajstić information content (AvgIpc) is 3.20. The number of nitrogens with zero attached hydrogens (tertiary/aromatic N) is 6. The van der Waals surface area contributed by atoms with Gasteiger partial charge in [0, 0.05) is 31.2 Å². The summed E-state index contributed by atoms with van der Waals surface area (Å²) >= 11 is 0. The fourth-order valence-electron chi connectivity index (χ4n) is 3.10. The topological polar surface area (TPSA) is 137 Å². The van der Waals surface area contributed by atoms with Crippen LogP contribution in [-0.4, -0.2) is 41.9 Å². The Kier molecular flexibility index (Phi) is 6.85. The van der Waals surface area contributed by atoms with E-state index in [4.69, 9.17) is 4.74 Å². The first kappa shape index (κ1) is 24.3. The van der Waals surface area contributed by atoms with Crippen molar-refractivity contribution in [2.24, 2.45) is 7.05 Å². The van der Waals surface area contributed by atoms with E-state index in [1.165, 1.54) is 49.2 Å². The van der Waals surface area contributed by atoms with E-state index in [1.54, 1.807) is 0 Å². The first-order chi connectivity index (χ1) is 17.2.